The largest absolute Gasteiger partial charge is 0.457 e. The number of ether oxygens (including phenoxy) is 2. The smallest absolute Gasteiger partial charge is 0.290 e. The van der Waals surface area contributed by atoms with Gasteiger partial charge in [0.25, 0.3) is 5.91 Å². The number of hydrogen-bond acceptors (Lipinski definition) is 5. The van der Waals surface area contributed by atoms with Gasteiger partial charge in [0, 0.05) is 20.3 Å². The van der Waals surface area contributed by atoms with Crippen LogP contribution in [-0.4, -0.2) is 31.1 Å². The van der Waals surface area contributed by atoms with Crippen LogP contribution < -0.4 is 10.2 Å². The van der Waals surface area contributed by atoms with Crippen LogP contribution in [0.15, 0.2) is 75.9 Å². The fourth-order valence-electron chi connectivity index (χ4n) is 4.60. The van der Waals surface area contributed by atoms with Crippen molar-refractivity contribution in [1.29, 1.82) is 0 Å². The lowest BCUT2D eigenvalue weighted by molar-refractivity contribution is 0.0707. The maximum absolute atomic E-state index is 13.8. The summed E-state index contributed by atoms with van der Waals surface area (Å²) in [6, 6.07) is 20.1. The van der Waals surface area contributed by atoms with E-state index in [-0.39, 0.29) is 17.1 Å². The minimum absolute atomic E-state index is 0.113. The van der Waals surface area contributed by atoms with Crippen LogP contribution in [0, 0.1) is 13.8 Å². The Balaban J connectivity index is 1.64. The average Bonchev–Trinajstić information content (AvgIpc) is 3.13. The van der Waals surface area contributed by atoms with Gasteiger partial charge in [-0.1, -0.05) is 30.3 Å². The van der Waals surface area contributed by atoms with Crippen LogP contribution in [0.25, 0.3) is 11.0 Å². The van der Waals surface area contributed by atoms with Crippen molar-refractivity contribution in [2.24, 2.45) is 0 Å². The second kappa shape index (κ2) is 9.39. The first-order valence-electron chi connectivity index (χ1n) is 11.7. The van der Waals surface area contributed by atoms with Crippen LogP contribution in [0.2, 0.25) is 0 Å². The van der Waals surface area contributed by atoms with Crippen molar-refractivity contribution in [3.8, 4) is 11.5 Å². The van der Waals surface area contributed by atoms with Crippen molar-refractivity contribution >= 4 is 16.9 Å². The fourth-order valence-corrected chi connectivity index (χ4v) is 4.60. The minimum Gasteiger partial charge on any atom is -0.457 e. The van der Waals surface area contributed by atoms with E-state index in [1.807, 2.05) is 80.6 Å². The summed E-state index contributed by atoms with van der Waals surface area (Å²) in [4.78, 5) is 29.0. The molecule has 0 saturated heterocycles. The van der Waals surface area contributed by atoms with Crippen LogP contribution in [0.3, 0.4) is 0 Å². The first-order valence-corrected chi connectivity index (χ1v) is 11.7. The number of hydrogen-bond donors (Lipinski definition) is 0. The van der Waals surface area contributed by atoms with Gasteiger partial charge in [0.05, 0.1) is 17.0 Å². The third kappa shape index (κ3) is 4.21. The summed E-state index contributed by atoms with van der Waals surface area (Å²) in [6.45, 7) is 4.86. The zero-order chi connectivity index (χ0) is 24.5. The number of carbonyl (C=O) groups excluding carboxylic acids is 1. The van der Waals surface area contributed by atoms with Gasteiger partial charge in [-0.25, -0.2) is 0 Å². The number of rotatable bonds is 7. The zero-order valence-electron chi connectivity index (χ0n) is 20.0. The van der Waals surface area contributed by atoms with Crippen molar-refractivity contribution < 1.29 is 18.7 Å². The Morgan fingerprint density at radius 2 is 1.66 bits per heavy atom. The highest BCUT2D eigenvalue weighted by Gasteiger charge is 2.42. The Morgan fingerprint density at radius 3 is 2.43 bits per heavy atom. The monoisotopic (exact) mass is 469 g/mol. The quantitative estimate of drug-likeness (QED) is 0.321. The summed E-state index contributed by atoms with van der Waals surface area (Å²) in [5, 5.41) is 0.486. The number of amides is 1. The molecule has 2 heterocycles. The second-order valence-electron chi connectivity index (χ2n) is 8.84. The van der Waals surface area contributed by atoms with E-state index in [0.717, 1.165) is 16.7 Å². The zero-order valence-corrected chi connectivity index (χ0v) is 20.0. The van der Waals surface area contributed by atoms with Crippen molar-refractivity contribution in [1.82, 2.24) is 4.90 Å². The molecule has 0 radical (unpaired) electrons. The standard InChI is InChI=1S/C29H27NO5/c1-18-15-23-24(16-19(18)2)35-28-25(27(23)31)26(30(29(28)32)13-8-14-33-3)20-9-7-12-22(17-20)34-21-10-5-4-6-11-21/h4-7,9-12,15-17,26H,8,13-14H2,1-3H3. The number of methoxy groups -OCH3 is 1. The molecule has 5 rings (SSSR count). The number of carbonyl (C=O) groups is 1. The van der Waals surface area contributed by atoms with Gasteiger partial charge in [-0.05, 0) is 73.4 Å². The molecule has 1 amide bonds. The Labute approximate surface area is 203 Å². The molecule has 178 valence electrons. The molecule has 0 saturated carbocycles. The summed E-state index contributed by atoms with van der Waals surface area (Å²) in [7, 11) is 1.63. The fraction of sp³-hybridized carbons (Fsp3) is 0.241. The Bertz CT molecular complexity index is 1460. The van der Waals surface area contributed by atoms with Gasteiger partial charge in [-0.3, -0.25) is 9.59 Å². The van der Waals surface area contributed by atoms with Crippen LogP contribution in [0.4, 0.5) is 0 Å². The number of benzene rings is 3. The van der Waals surface area contributed by atoms with E-state index in [2.05, 4.69) is 0 Å². The van der Waals surface area contributed by atoms with Gasteiger partial charge >= 0.3 is 0 Å². The molecule has 6 nitrogen and oxygen atoms in total. The van der Waals surface area contributed by atoms with Crippen molar-refractivity contribution in [2.75, 3.05) is 20.3 Å². The third-order valence-electron chi connectivity index (χ3n) is 6.48. The van der Waals surface area contributed by atoms with E-state index >= 15 is 0 Å². The molecule has 0 aliphatic carbocycles. The molecule has 0 spiro atoms. The lowest BCUT2D eigenvalue weighted by atomic mass is 9.97. The normalized spacial score (nSPS) is 15.0. The SMILES string of the molecule is COCCCN1C(=O)c2oc3cc(C)c(C)cc3c(=O)c2C1c1cccc(Oc2ccccc2)c1. The van der Waals surface area contributed by atoms with Gasteiger partial charge in [0.15, 0.2) is 5.43 Å². The molecule has 0 N–H and O–H groups in total. The number of fused-ring (bicyclic) bond motifs is 2. The topological polar surface area (TPSA) is 69.0 Å². The van der Waals surface area contributed by atoms with Crippen molar-refractivity contribution in [2.45, 2.75) is 26.3 Å². The Hall–Kier alpha value is -3.90. The highest BCUT2D eigenvalue weighted by Crippen LogP contribution is 2.39. The average molecular weight is 470 g/mol. The lowest BCUT2D eigenvalue weighted by Gasteiger charge is -2.25. The highest BCUT2D eigenvalue weighted by molar-refractivity contribution is 5.99. The molecule has 0 fully saturated rings. The van der Waals surface area contributed by atoms with Crippen LogP contribution in [0.1, 0.15) is 45.3 Å². The van der Waals surface area contributed by atoms with E-state index in [4.69, 9.17) is 13.9 Å². The predicted molar refractivity (Wildman–Crippen MR) is 134 cm³/mol. The van der Waals surface area contributed by atoms with Crippen LogP contribution in [-0.2, 0) is 4.74 Å². The van der Waals surface area contributed by atoms with Gasteiger partial charge in [-0.15, -0.1) is 0 Å². The summed E-state index contributed by atoms with van der Waals surface area (Å²) >= 11 is 0. The predicted octanol–water partition coefficient (Wildman–Crippen LogP) is 5.78. The van der Waals surface area contributed by atoms with E-state index in [1.54, 1.807) is 12.0 Å². The Kier molecular flexibility index (Phi) is 6.14. The molecule has 3 aromatic carbocycles. The van der Waals surface area contributed by atoms with Gasteiger partial charge in [-0.2, -0.15) is 0 Å². The van der Waals surface area contributed by atoms with E-state index in [0.29, 0.717) is 47.6 Å². The summed E-state index contributed by atoms with van der Waals surface area (Å²) in [6.07, 6.45) is 0.638. The molecule has 1 aromatic heterocycles. The minimum atomic E-state index is -0.573. The molecule has 1 atom stereocenters. The first-order chi connectivity index (χ1) is 17.0. The molecule has 1 aliphatic heterocycles. The van der Waals surface area contributed by atoms with Crippen LogP contribution in [0.5, 0.6) is 11.5 Å². The van der Waals surface area contributed by atoms with Crippen LogP contribution >= 0.6 is 0 Å². The maximum Gasteiger partial charge on any atom is 0.290 e. The van der Waals surface area contributed by atoms with Crippen molar-refractivity contribution in [3.63, 3.8) is 0 Å². The highest BCUT2D eigenvalue weighted by atomic mass is 16.5. The maximum atomic E-state index is 13.8. The molecular formula is C29H27NO5. The van der Waals surface area contributed by atoms with E-state index < -0.39 is 6.04 Å². The van der Waals surface area contributed by atoms with Crippen molar-refractivity contribution in [3.05, 3.63) is 105 Å². The van der Waals surface area contributed by atoms with Gasteiger partial charge in [0.2, 0.25) is 5.76 Å². The molecule has 0 bridgehead atoms. The number of para-hydroxylation sites is 1. The van der Waals surface area contributed by atoms with Gasteiger partial charge < -0.3 is 18.8 Å². The Morgan fingerprint density at radius 1 is 0.914 bits per heavy atom. The molecule has 35 heavy (non-hydrogen) atoms. The summed E-state index contributed by atoms with van der Waals surface area (Å²) in [5.74, 6) is 1.17. The van der Waals surface area contributed by atoms with Gasteiger partial charge in [0.1, 0.15) is 17.1 Å². The molecule has 1 unspecified atom stereocenters. The molecule has 6 heteroatoms. The molecule has 4 aromatic rings. The van der Waals surface area contributed by atoms with E-state index in [1.165, 1.54) is 0 Å². The lowest BCUT2D eigenvalue weighted by Crippen LogP contribution is -2.31. The number of nitrogens with zero attached hydrogens (tertiary/aromatic N) is 1. The summed E-state index contributed by atoms with van der Waals surface area (Å²) < 4.78 is 17.3. The molecule has 1 aliphatic rings. The molecular weight excluding hydrogens is 442 g/mol. The second-order valence-corrected chi connectivity index (χ2v) is 8.84. The number of aryl methyl sites for hydroxylation is 2. The first kappa shape index (κ1) is 22.9. The third-order valence-corrected chi connectivity index (χ3v) is 6.48. The summed E-state index contributed by atoms with van der Waals surface area (Å²) in [5.41, 5.74) is 3.43. The van der Waals surface area contributed by atoms with E-state index in [9.17, 15) is 9.59 Å².